The number of rotatable bonds is 2. The number of aromatic nitrogens is 1. The number of pyridine rings is 1. The first-order valence-corrected chi connectivity index (χ1v) is 6.60. The minimum Gasteiger partial charge on any atom is -0.452 e. The van der Waals surface area contributed by atoms with Gasteiger partial charge in [0.1, 0.15) is 11.3 Å². The molecule has 0 fully saturated rings. The number of aryl methyl sites for hydroxylation is 1. The van der Waals surface area contributed by atoms with E-state index < -0.39 is 0 Å². The number of nitrogens with zero attached hydrogens (tertiary/aromatic N) is 1. The van der Waals surface area contributed by atoms with Gasteiger partial charge in [-0.25, -0.2) is 0 Å². The van der Waals surface area contributed by atoms with E-state index in [1.54, 1.807) is 30.5 Å². The topological polar surface area (TPSA) is 43.1 Å². The average Bonchev–Trinajstić information content (AvgIpc) is 2.83. The Morgan fingerprint density at radius 3 is 2.84 bits per heavy atom. The molecule has 0 unspecified atom stereocenters. The van der Waals surface area contributed by atoms with E-state index in [1.807, 2.05) is 19.1 Å². The minimum atomic E-state index is -0.202. The molecule has 94 valence electrons. The number of hydrogen-bond acceptors (Lipinski definition) is 3. The molecule has 0 amide bonds. The summed E-state index contributed by atoms with van der Waals surface area (Å²) in [4.78, 5) is 16.3. The predicted molar refractivity (Wildman–Crippen MR) is 76.3 cm³/mol. The van der Waals surface area contributed by atoms with E-state index >= 15 is 0 Å². The lowest BCUT2D eigenvalue weighted by Gasteiger charge is -1.96. The van der Waals surface area contributed by atoms with Crippen molar-refractivity contribution in [2.24, 2.45) is 0 Å². The van der Waals surface area contributed by atoms with Crippen molar-refractivity contribution in [3.63, 3.8) is 0 Å². The van der Waals surface area contributed by atoms with Gasteiger partial charge in [-0.05, 0) is 42.8 Å². The van der Waals surface area contributed by atoms with Crippen LogP contribution in [0.2, 0.25) is 0 Å². The van der Waals surface area contributed by atoms with Crippen LogP contribution in [-0.4, -0.2) is 10.8 Å². The molecule has 0 atom stereocenters. The molecule has 3 aromatic rings. The van der Waals surface area contributed by atoms with Crippen LogP contribution in [0.4, 0.5) is 0 Å². The van der Waals surface area contributed by atoms with Crippen molar-refractivity contribution in [2.45, 2.75) is 6.92 Å². The van der Waals surface area contributed by atoms with E-state index in [9.17, 15) is 4.79 Å². The molecule has 0 saturated carbocycles. The van der Waals surface area contributed by atoms with Gasteiger partial charge in [-0.1, -0.05) is 22.0 Å². The predicted octanol–water partition coefficient (Wildman–Crippen LogP) is 4.13. The largest absolute Gasteiger partial charge is 0.452 e. The highest BCUT2D eigenvalue weighted by atomic mass is 79.9. The van der Waals surface area contributed by atoms with Crippen molar-refractivity contribution in [2.75, 3.05) is 0 Å². The van der Waals surface area contributed by atoms with E-state index in [2.05, 4.69) is 20.9 Å². The van der Waals surface area contributed by atoms with Crippen molar-refractivity contribution in [3.8, 4) is 0 Å². The lowest BCUT2D eigenvalue weighted by atomic mass is 10.1. The van der Waals surface area contributed by atoms with Gasteiger partial charge in [0.2, 0.25) is 5.78 Å². The van der Waals surface area contributed by atoms with Crippen LogP contribution in [-0.2, 0) is 0 Å². The van der Waals surface area contributed by atoms with Crippen molar-refractivity contribution in [1.29, 1.82) is 0 Å². The normalized spacial score (nSPS) is 10.8. The first kappa shape index (κ1) is 12.1. The summed E-state index contributed by atoms with van der Waals surface area (Å²) < 4.78 is 6.63. The van der Waals surface area contributed by atoms with Crippen molar-refractivity contribution >= 4 is 32.7 Å². The molecule has 2 aromatic heterocycles. The molecule has 0 aliphatic rings. The third-order valence-corrected chi connectivity index (χ3v) is 3.35. The van der Waals surface area contributed by atoms with E-state index in [-0.39, 0.29) is 5.78 Å². The minimum absolute atomic E-state index is 0.202. The summed E-state index contributed by atoms with van der Waals surface area (Å²) in [6.45, 7) is 1.95. The highest BCUT2D eigenvalue weighted by molar-refractivity contribution is 9.10. The Morgan fingerprint density at radius 2 is 2.11 bits per heavy atom. The van der Waals surface area contributed by atoms with Gasteiger partial charge in [-0.3, -0.25) is 9.78 Å². The molecule has 0 N–H and O–H groups in total. The van der Waals surface area contributed by atoms with Crippen LogP contribution >= 0.6 is 15.9 Å². The van der Waals surface area contributed by atoms with Crippen molar-refractivity contribution < 1.29 is 9.21 Å². The number of fused-ring (bicyclic) bond motifs is 1. The summed E-state index contributed by atoms with van der Waals surface area (Å²) in [5.41, 5.74) is 2.12. The van der Waals surface area contributed by atoms with Crippen LogP contribution in [0.5, 0.6) is 0 Å². The second-order valence-electron chi connectivity index (χ2n) is 4.30. The molecule has 0 bridgehead atoms. The van der Waals surface area contributed by atoms with Crippen LogP contribution in [0.3, 0.4) is 0 Å². The average molecular weight is 316 g/mol. The Kier molecular flexibility index (Phi) is 2.95. The standard InChI is InChI=1S/C15H10BrNO2/c1-9-6-11(16)7-10-8-13(19-15(9)10)14(18)12-4-2-3-5-17-12/h2-8H,1H3. The molecule has 0 aliphatic carbocycles. The molecule has 0 radical (unpaired) electrons. The first-order valence-electron chi connectivity index (χ1n) is 5.80. The summed E-state index contributed by atoms with van der Waals surface area (Å²) in [5, 5.41) is 0.908. The van der Waals surface area contributed by atoms with Crippen molar-refractivity contribution in [3.05, 3.63) is 64.1 Å². The van der Waals surface area contributed by atoms with Gasteiger partial charge >= 0.3 is 0 Å². The highest BCUT2D eigenvalue weighted by Gasteiger charge is 2.16. The van der Waals surface area contributed by atoms with Gasteiger partial charge in [-0.15, -0.1) is 0 Å². The smallest absolute Gasteiger partial charge is 0.246 e. The highest BCUT2D eigenvalue weighted by Crippen LogP contribution is 2.27. The van der Waals surface area contributed by atoms with E-state index in [4.69, 9.17) is 4.42 Å². The molecule has 19 heavy (non-hydrogen) atoms. The SMILES string of the molecule is Cc1cc(Br)cc2cc(C(=O)c3ccccn3)oc12. The zero-order valence-electron chi connectivity index (χ0n) is 10.2. The zero-order chi connectivity index (χ0) is 13.4. The fourth-order valence-corrected chi connectivity index (χ4v) is 2.61. The Hall–Kier alpha value is -1.94. The van der Waals surface area contributed by atoms with E-state index in [0.29, 0.717) is 11.5 Å². The van der Waals surface area contributed by atoms with Crippen LogP contribution in [0.15, 0.2) is 51.5 Å². The second kappa shape index (κ2) is 4.63. The number of hydrogen-bond donors (Lipinski definition) is 0. The summed E-state index contributed by atoms with van der Waals surface area (Å²) >= 11 is 3.44. The third kappa shape index (κ3) is 2.19. The van der Waals surface area contributed by atoms with Gasteiger partial charge in [0, 0.05) is 16.1 Å². The lowest BCUT2D eigenvalue weighted by Crippen LogP contribution is -2.01. The fourth-order valence-electron chi connectivity index (χ4n) is 2.02. The summed E-state index contributed by atoms with van der Waals surface area (Å²) in [6.07, 6.45) is 1.59. The van der Waals surface area contributed by atoms with E-state index in [1.165, 1.54) is 0 Å². The molecular formula is C15H10BrNO2. The van der Waals surface area contributed by atoms with Crippen LogP contribution in [0.1, 0.15) is 21.8 Å². The van der Waals surface area contributed by atoms with Gasteiger partial charge in [-0.2, -0.15) is 0 Å². The Balaban J connectivity index is 2.12. The second-order valence-corrected chi connectivity index (χ2v) is 5.21. The maximum Gasteiger partial charge on any atom is 0.246 e. The first-order chi connectivity index (χ1) is 9.15. The molecule has 0 spiro atoms. The number of ketones is 1. The summed E-state index contributed by atoms with van der Waals surface area (Å²) in [7, 11) is 0. The van der Waals surface area contributed by atoms with Gasteiger partial charge in [0.05, 0.1) is 0 Å². The van der Waals surface area contributed by atoms with Gasteiger partial charge in [0.15, 0.2) is 5.76 Å². The molecule has 3 rings (SSSR count). The van der Waals surface area contributed by atoms with Gasteiger partial charge < -0.3 is 4.42 Å². The van der Waals surface area contributed by atoms with Crippen molar-refractivity contribution in [1.82, 2.24) is 4.98 Å². The molecular weight excluding hydrogens is 306 g/mol. The lowest BCUT2D eigenvalue weighted by molar-refractivity contribution is 0.101. The Morgan fingerprint density at radius 1 is 1.26 bits per heavy atom. The molecule has 0 aliphatic heterocycles. The maximum atomic E-state index is 12.2. The quantitative estimate of drug-likeness (QED) is 0.668. The molecule has 1 aromatic carbocycles. The monoisotopic (exact) mass is 315 g/mol. The molecule has 3 nitrogen and oxygen atoms in total. The van der Waals surface area contributed by atoms with Crippen LogP contribution in [0.25, 0.3) is 11.0 Å². The summed E-state index contributed by atoms with van der Waals surface area (Å²) in [5.74, 6) is 0.113. The number of furan rings is 1. The third-order valence-electron chi connectivity index (χ3n) is 2.89. The Bertz CT molecular complexity index is 762. The van der Waals surface area contributed by atoms with Crippen LogP contribution in [0, 0.1) is 6.92 Å². The number of benzene rings is 1. The van der Waals surface area contributed by atoms with Crippen LogP contribution < -0.4 is 0 Å². The number of carbonyl (C=O) groups is 1. The number of carbonyl (C=O) groups excluding carboxylic acids is 1. The number of halogens is 1. The molecule has 0 saturated heterocycles. The summed E-state index contributed by atoms with van der Waals surface area (Å²) in [6, 6.07) is 10.9. The molecule has 4 heteroatoms. The Labute approximate surface area is 118 Å². The zero-order valence-corrected chi connectivity index (χ0v) is 11.8. The van der Waals surface area contributed by atoms with Gasteiger partial charge in [0.25, 0.3) is 0 Å². The van der Waals surface area contributed by atoms with E-state index in [0.717, 1.165) is 21.0 Å². The fraction of sp³-hybridized carbons (Fsp3) is 0.0667. The molecule has 2 heterocycles. The maximum absolute atomic E-state index is 12.2.